The standard InChI is InChI=1S/C18H18BrF3N2O4S/c1-3-24(29(26,27)12-8-9-16(28-2)14(19)10-12)11-17(25)23-15-7-5-4-6-13(15)18(20,21)22/h4-10H,3,11H2,1-2H3,(H,23,25). The van der Waals surface area contributed by atoms with E-state index in [9.17, 15) is 26.4 Å². The van der Waals surface area contributed by atoms with E-state index >= 15 is 0 Å². The van der Waals surface area contributed by atoms with E-state index < -0.39 is 39.9 Å². The normalized spacial score (nSPS) is 12.1. The molecule has 6 nitrogen and oxygen atoms in total. The molecule has 1 N–H and O–H groups in total. The van der Waals surface area contributed by atoms with E-state index in [0.29, 0.717) is 10.2 Å². The second-order valence-electron chi connectivity index (χ2n) is 5.82. The number of alkyl halides is 3. The number of para-hydroxylation sites is 1. The van der Waals surface area contributed by atoms with Gasteiger partial charge in [0.25, 0.3) is 0 Å². The molecule has 2 rings (SSSR count). The number of nitrogens with zero attached hydrogens (tertiary/aromatic N) is 1. The molecule has 0 saturated carbocycles. The third kappa shape index (κ3) is 5.49. The molecule has 0 spiro atoms. The summed E-state index contributed by atoms with van der Waals surface area (Å²) in [7, 11) is -2.63. The fraction of sp³-hybridized carbons (Fsp3) is 0.278. The molecule has 0 saturated heterocycles. The van der Waals surface area contributed by atoms with Gasteiger partial charge in [0, 0.05) is 6.54 Å². The predicted molar refractivity (Wildman–Crippen MR) is 105 cm³/mol. The molecular formula is C18H18BrF3N2O4S. The number of sulfonamides is 1. The molecule has 1 amide bonds. The van der Waals surface area contributed by atoms with Crippen LogP contribution < -0.4 is 10.1 Å². The smallest absolute Gasteiger partial charge is 0.418 e. The van der Waals surface area contributed by atoms with Crippen LogP contribution in [0.1, 0.15) is 12.5 Å². The van der Waals surface area contributed by atoms with E-state index in [2.05, 4.69) is 21.2 Å². The average molecular weight is 495 g/mol. The lowest BCUT2D eigenvalue weighted by molar-refractivity contribution is -0.137. The fourth-order valence-corrected chi connectivity index (χ4v) is 4.64. The van der Waals surface area contributed by atoms with Gasteiger partial charge in [0.2, 0.25) is 15.9 Å². The van der Waals surface area contributed by atoms with E-state index in [1.807, 2.05) is 0 Å². The van der Waals surface area contributed by atoms with E-state index in [1.165, 1.54) is 44.4 Å². The van der Waals surface area contributed by atoms with Gasteiger partial charge in [0.15, 0.2) is 0 Å². The summed E-state index contributed by atoms with van der Waals surface area (Å²) in [5.74, 6) is -0.465. The van der Waals surface area contributed by atoms with Crippen molar-refractivity contribution in [3.63, 3.8) is 0 Å². The highest BCUT2D eigenvalue weighted by atomic mass is 79.9. The minimum absolute atomic E-state index is 0.0552. The molecule has 0 atom stereocenters. The number of methoxy groups -OCH3 is 1. The van der Waals surface area contributed by atoms with Crippen LogP contribution in [-0.2, 0) is 21.0 Å². The Bertz CT molecular complexity index is 997. The van der Waals surface area contributed by atoms with Crippen molar-refractivity contribution in [1.82, 2.24) is 4.31 Å². The van der Waals surface area contributed by atoms with Gasteiger partial charge < -0.3 is 10.1 Å². The number of ether oxygens (including phenoxy) is 1. The molecule has 29 heavy (non-hydrogen) atoms. The summed E-state index contributed by atoms with van der Waals surface area (Å²) < 4.78 is 71.2. The summed E-state index contributed by atoms with van der Waals surface area (Å²) in [6.07, 6.45) is -4.66. The first-order valence-corrected chi connectivity index (χ1v) is 10.5. The zero-order valence-corrected chi connectivity index (χ0v) is 17.9. The maximum atomic E-state index is 13.1. The monoisotopic (exact) mass is 494 g/mol. The van der Waals surface area contributed by atoms with Crippen molar-refractivity contribution >= 4 is 37.5 Å². The Morgan fingerprint density at radius 3 is 2.41 bits per heavy atom. The highest BCUT2D eigenvalue weighted by Crippen LogP contribution is 2.34. The van der Waals surface area contributed by atoms with Crippen LogP contribution in [0.2, 0.25) is 0 Å². The molecule has 0 aliphatic heterocycles. The highest BCUT2D eigenvalue weighted by molar-refractivity contribution is 9.10. The van der Waals surface area contributed by atoms with Crippen LogP contribution in [0.5, 0.6) is 5.75 Å². The Morgan fingerprint density at radius 1 is 1.21 bits per heavy atom. The van der Waals surface area contributed by atoms with Gasteiger partial charge in [-0.05, 0) is 46.3 Å². The van der Waals surface area contributed by atoms with Gasteiger partial charge in [-0.3, -0.25) is 4.79 Å². The molecule has 11 heteroatoms. The fourth-order valence-electron chi connectivity index (χ4n) is 2.51. The molecule has 2 aromatic carbocycles. The molecule has 0 bridgehead atoms. The van der Waals surface area contributed by atoms with Crippen molar-refractivity contribution in [2.24, 2.45) is 0 Å². The second kappa shape index (κ2) is 9.14. The molecule has 158 valence electrons. The van der Waals surface area contributed by atoms with Crippen molar-refractivity contribution in [2.75, 3.05) is 25.5 Å². The molecular weight excluding hydrogens is 477 g/mol. The van der Waals surface area contributed by atoms with Crippen LogP contribution >= 0.6 is 15.9 Å². The summed E-state index contributed by atoms with van der Waals surface area (Å²) in [5.41, 5.74) is -1.45. The number of benzene rings is 2. The maximum Gasteiger partial charge on any atom is 0.418 e. The third-order valence-corrected chi connectivity index (χ3v) is 6.48. The molecule has 2 aromatic rings. The largest absolute Gasteiger partial charge is 0.496 e. The third-order valence-electron chi connectivity index (χ3n) is 3.94. The van der Waals surface area contributed by atoms with E-state index in [-0.39, 0.29) is 11.4 Å². The highest BCUT2D eigenvalue weighted by Gasteiger charge is 2.34. The Balaban J connectivity index is 2.23. The average Bonchev–Trinajstić information content (AvgIpc) is 2.65. The molecule has 0 aromatic heterocycles. The van der Waals surface area contributed by atoms with E-state index in [4.69, 9.17) is 4.74 Å². The summed E-state index contributed by atoms with van der Waals surface area (Å²) in [6, 6.07) is 8.57. The van der Waals surface area contributed by atoms with Gasteiger partial charge in [0.1, 0.15) is 5.75 Å². The molecule has 0 heterocycles. The van der Waals surface area contributed by atoms with Crippen molar-refractivity contribution in [3.05, 3.63) is 52.5 Å². The quantitative estimate of drug-likeness (QED) is 0.627. The second-order valence-corrected chi connectivity index (χ2v) is 8.61. The number of hydrogen-bond donors (Lipinski definition) is 1. The number of hydrogen-bond acceptors (Lipinski definition) is 4. The summed E-state index contributed by atoms with van der Waals surface area (Å²) in [6.45, 7) is 0.821. The zero-order valence-electron chi connectivity index (χ0n) is 15.5. The molecule has 0 aliphatic rings. The van der Waals surface area contributed by atoms with Gasteiger partial charge in [0.05, 0.1) is 34.3 Å². The number of halogens is 4. The van der Waals surface area contributed by atoms with E-state index in [0.717, 1.165) is 16.4 Å². The molecule has 0 unspecified atom stereocenters. The maximum absolute atomic E-state index is 13.1. The number of rotatable bonds is 7. The topological polar surface area (TPSA) is 75.7 Å². The lowest BCUT2D eigenvalue weighted by Crippen LogP contribution is -2.38. The number of anilines is 1. The predicted octanol–water partition coefficient (Wildman–Crippen LogP) is 4.13. The zero-order chi connectivity index (χ0) is 21.8. The van der Waals surface area contributed by atoms with Crippen molar-refractivity contribution in [3.8, 4) is 5.75 Å². The number of carbonyl (C=O) groups excluding carboxylic acids is 1. The van der Waals surface area contributed by atoms with Gasteiger partial charge in [-0.15, -0.1) is 0 Å². The van der Waals surface area contributed by atoms with Crippen LogP contribution in [0.3, 0.4) is 0 Å². The number of carbonyl (C=O) groups is 1. The van der Waals surface area contributed by atoms with Crippen molar-refractivity contribution in [2.45, 2.75) is 18.0 Å². The van der Waals surface area contributed by atoms with Gasteiger partial charge >= 0.3 is 6.18 Å². The number of nitrogens with one attached hydrogen (secondary N) is 1. The lowest BCUT2D eigenvalue weighted by Gasteiger charge is -2.21. The molecule has 0 radical (unpaired) electrons. The van der Waals surface area contributed by atoms with Gasteiger partial charge in [-0.25, -0.2) is 8.42 Å². The lowest BCUT2D eigenvalue weighted by atomic mass is 10.1. The summed E-state index contributed by atoms with van der Waals surface area (Å²) in [5, 5.41) is 2.14. The summed E-state index contributed by atoms with van der Waals surface area (Å²) >= 11 is 3.20. The Morgan fingerprint density at radius 2 is 1.86 bits per heavy atom. The van der Waals surface area contributed by atoms with Gasteiger partial charge in [-0.1, -0.05) is 19.1 Å². The van der Waals surface area contributed by atoms with Crippen LogP contribution in [0.25, 0.3) is 0 Å². The van der Waals surface area contributed by atoms with E-state index in [1.54, 1.807) is 0 Å². The number of amides is 1. The van der Waals surface area contributed by atoms with Crippen LogP contribution in [0, 0.1) is 0 Å². The van der Waals surface area contributed by atoms with Gasteiger partial charge in [-0.2, -0.15) is 17.5 Å². The van der Waals surface area contributed by atoms with Crippen LogP contribution in [-0.4, -0.2) is 38.8 Å². The van der Waals surface area contributed by atoms with Crippen molar-refractivity contribution < 1.29 is 31.1 Å². The Kier molecular flexibility index (Phi) is 7.30. The van der Waals surface area contributed by atoms with Crippen LogP contribution in [0.4, 0.5) is 18.9 Å². The minimum atomic E-state index is -4.66. The SMILES string of the molecule is CCN(CC(=O)Nc1ccccc1C(F)(F)F)S(=O)(=O)c1ccc(OC)c(Br)c1. The Hall–Kier alpha value is -2.11. The summed E-state index contributed by atoms with van der Waals surface area (Å²) in [4.78, 5) is 12.2. The Labute approximate surface area is 174 Å². The van der Waals surface area contributed by atoms with Crippen LogP contribution in [0.15, 0.2) is 51.8 Å². The molecule has 0 fully saturated rings. The first-order valence-electron chi connectivity index (χ1n) is 8.30. The number of likely N-dealkylation sites (N-methyl/N-ethyl adjacent to an activating group) is 1. The minimum Gasteiger partial charge on any atom is -0.496 e. The van der Waals surface area contributed by atoms with Crippen molar-refractivity contribution in [1.29, 1.82) is 0 Å². The molecule has 0 aliphatic carbocycles. The first kappa shape index (κ1) is 23.2. The first-order chi connectivity index (χ1) is 13.5.